The summed E-state index contributed by atoms with van der Waals surface area (Å²) in [6.45, 7) is 5.53. The molecule has 3 aliphatic rings. The zero-order valence-corrected chi connectivity index (χ0v) is 17.2. The molecule has 4 heterocycles. The summed E-state index contributed by atoms with van der Waals surface area (Å²) in [7, 11) is 3.92. The van der Waals surface area contributed by atoms with Crippen LogP contribution in [-0.2, 0) is 6.42 Å². The van der Waals surface area contributed by atoms with Crippen LogP contribution >= 0.6 is 0 Å². The van der Waals surface area contributed by atoms with E-state index in [4.69, 9.17) is 9.72 Å². The van der Waals surface area contributed by atoms with Crippen LogP contribution in [0.15, 0.2) is 24.3 Å². The Kier molecular flexibility index (Phi) is 4.42. The van der Waals surface area contributed by atoms with Crippen molar-refractivity contribution in [3.05, 3.63) is 46.9 Å². The molecule has 7 nitrogen and oxygen atoms in total. The maximum atomic E-state index is 12.3. The molecule has 1 aromatic carbocycles. The van der Waals surface area contributed by atoms with Crippen molar-refractivity contribution < 1.29 is 9.53 Å². The van der Waals surface area contributed by atoms with Crippen LogP contribution in [0.4, 0.5) is 5.82 Å². The minimum Gasteiger partial charge on any atom is -0.497 e. The van der Waals surface area contributed by atoms with Gasteiger partial charge in [-0.2, -0.15) is 0 Å². The monoisotopic (exact) mass is 393 g/mol. The lowest BCUT2D eigenvalue weighted by Crippen LogP contribution is -2.36. The molecule has 7 heteroatoms. The number of benzene rings is 1. The molecular formula is C22H27N5O2. The fraction of sp³-hybridized carbons (Fsp3) is 0.500. The molecule has 2 fully saturated rings. The Morgan fingerprint density at radius 1 is 1.14 bits per heavy atom. The van der Waals surface area contributed by atoms with Gasteiger partial charge in [0.05, 0.1) is 7.11 Å². The molecule has 29 heavy (non-hydrogen) atoms. The van der Waals surface area contributed by atoms with Gasteiger partial charge in [-0.1, -0.05) is 12.1 Å². The number of aryl methyl sites for hydroxylation is 1. The summed E-state index contributed by atoms with van der Waals surface area (Å²) in [5, 5.41) is 2.90. The van der Waals surface area contributed by atoms with Crippen molar-refractivity contribution >= 4 is 11.7 Å². The van der Waals surface area contributed by atoms with Crippen molar-refractivity contribution in [2.45, 2.75) is 19.4 Å². The lowest BCUT2D eigenvalue weighted by Gasteiger charge is -2.29. The molecule has 0 aliphatic carbocycles. The molecule has 152 valence electrons. The van der Waals surface area contributed by atoms with Gasteiger partial charge in [0.25, 0.3) is 5.91 Å². The molecule has 1 amide bonds. The van der Waals surface area contributed by atoms with E-state index in [1.165, 1.54) is 5.56 Å². The van der Waals surface area contributed by atoms with Gasteiger partial charge in [0.1, 0.15) is 23.1 Å². The lowest BCUT2D eigenvalue weighted by atomic mass is 9.89. The second kappa shape index (κ2) is 6.99. The number of likely N-dealkylation sites (tertiary alicyclic amines) is 1. The number of amides is 1. The number of carbonyl (C=O) groups excluding carboxylic acids is 1. The molecule has 0 bridgehead atoms. The molecule has 0 radical (unpaired) electrons. The van der Waals surface area contributed by atoms with Gasteiger partial charge >= 0.3 is 0 Å². The minimum absolute atomic E-state index is 0.0757. The highest BCUT2D eigenvalue weighted by Gasteiger charge is 2.47. The molecule has 3 atom stereocenters. The van der Waals surface area contributed by atoms with E-state index >= 15 is 0 Å². The van der Waals surface area contributed by atoms with Gasteiger partial charge in [0, 0.05) is 43.7 Å². The summed E-state index contributed by atoms with van der Waals surface area (Å²) in [4.78, 5) is 26.4. The third kappa shape index (κ3) is 3.04. The average molecular weight is 393 g/mol. The first-order valence-corrected chi connectivity index (χ1v) is 10.3. The normalized spacial score (nSPS) is 26.2. The van der Waals surface area contributed by atoms with Gasteiger partial charge in [0.2, 0.25) is 0 Å². The van der Waals surface area contributed by atoms with Gasteiger partial charge < -0.3 is 15.0 Å². The Morgan fingerprint density at radius 3 is 2.69 bits per heavy atom. The van der Waals surface area contributed by atoms with E-state index in [2.05, 4.69) is 39.3 Å². The molecular weight excluding hydrogens is 366 g/mol. The number of aromatic nitrogens is 2. The summed E-state index contributed by atoms with van der Waals surface area (Å²) in [5.41, 5.74) is 2.90. The first-order valence-electron chi connectivity index (χ1n) is 10.3. The van der Waals surface area contributed by atoms with E-state index in [9.17, 15) is 4.79 Å². The molecule has 2 saturated heterocycles. The quantitative estimate of drug-likeness (QED) is 0.858. The van der Waals surface area contributed by atoms with Crippen LogP contribution in [0.5, 0.6) is 5.75 Å². The highest BCUT2D eigenvalue weighted by Crippen LogP contribution is 2.45. The fourth-order valence-electron chi connectivity index (χ4n) is 5.38. The molecule has 0 saturated carbocycles. The van der Waals surface area contributed by atoms with Crippen molar-refractivity contribution in [1.82, 2.24) is 20.2 Å². The number of nitrogens with one attached hydrogen (secondary N) is 1. The predicted octanol–water partition coefficient (Wildman–Crippen LogP) is 1.82. The van der Waals surface area contributed by atoms with Crippen LogP contribution < -0.4 is 15.0 Å². The van der Waals surface area contributed by atoms with Crippen LogP contribution in [0.2, 0.25) is 0 Å². The zero-order valence-electron chi connectivity index (χ0n) is 17.2. The summed E-state index contributed by atoms with van der Waals surface area (Å²) < 4.78 is 5.32. The van der Waals surface area contributed by atoms with Crippen molar-refractivity contribution in [3.63, 3.8) is 0 Å². The Bertz CT molecular complexity index is 945. The highest BCUT2D eigenvalue weighted by molar-refractivity contribution is 5.96. The smallest absolute Gasteiger partial charge is 0.270 e. The predicted molar refractivity (Wildman–Crippen MR) is 110 cm³/mol. The summed E-state index contributed by atoms with van der Waals surface area (Å²) >= 11 is 0. The molecule has 1 aromatic heterocycles. The van der Waals surface area contributed by atoms with E-state index in [1.54, 1.807) is 7.11 Å². The van der Waals surface area contributed by atoms with E-state index in [0.717, 1.165) is 43.2 Å². The number of hydrogen-bond donors (Lipinski definition) is 1. The molecule has 1 N–H and O–H groups in total. The van der Waals surface area contributed by atoms with Crippen molar-refractivity contribution in [2.75, 3.05) is 45.2 Å². The van der Waals surface area contributed by atoms with Gasteiger partial charge in [0.15, 0.2) is 0 Å². The van der Waals surface area contributed by atoms with Gasteiger partial charge in [-0.3, -0.25) is 9.69 Å². The van der Waals surface area contributed by atoms with Gasteiger partial charge in [-0.05, 0) is 44.0 Å². The highest BCUT2D eigenvalue weighted by atomic mass is 16.5. The first kappa shape index (κ1) is 18.4. The van der Waals surface area contributed by atoms with Crippen LogP contribution in [0.1, 0.15) is 33.5 Å². The van der Waals surface area contributed by atoms with Gasteiger partial charge in [-0.25, -0.2) is 9.97 Å². The molecule has 0 unspecified atom stereocenters. The topological polar surface area (TPSA) is 70.6 Å². The Hall–Kier alpha value is -2.67. The Morgan fingerprint density at radius 2 is 1.93 bits per heavy atom. The van der Waals surface area contributed by atoms with E-state index in [-0.39, 0.29) is 5.91 Å². The number of methoxy groups -OCH3 is 1. The SMILES string of the molecule is COc1ccc([C@@H]2[C@@H]3CN(c4nc(C)nc5c4CCNC5=O)C[C@@H]3CN2C)cc1. The largest absolute Gasteiger partial charge is 0.497 e. The molecule has 5 rings (SSSR count). The Balaban J connectivity index is 1.45. The van der Waals surface area contributed by atoms with Crippen LogP contribution in [-0.4, -0.2) is 61.1 Å². The molecule has 2 aromatic rings. The lowest BCUT2D eigenvalue weighted by molar-refractivity contribution is 0.0940. The molecule has 0 spiro atoms. The number of nitrogens with zero attached hydrogens (tertiary/aromatic N) is 4. The van der Waals surface area contributed by atoms with E-state index in [0.29, 0.717) is 35.9 Å². The third-order valence-electron chi connectivity index (χ3n) is 6.62. The maximum Gasteiger partial charge on any atom is 0.270 e. The molecule has 3 aliphatic heterocycles. The van der Waals surface area contributed by atoms with E-state index < -0.39 is 0 Å². The van der Waals surface area contributed by atoms with Crippen molar-refractivity contribution in [1.29, 1.82) is 0 Å². The maximum absolute atomic E-state index is 12.3. The second-order valence-electron chi connectivity index (χ2n) is 8.41. The summed E-state index contributed by atoms with van der Waals surface area (Å²) in [6.07, 6.45) is 0.796. The van der Waals surface area contributed by atoms with Crippen LogP contribution in [0.25, 0.3) is 0 Å². The number of fused-ring (bicyclic) bond motifs is 2. The number of anilines is 1. The summed E-state index contributed by atoms with van der Waals surface area (Å²) in [5.74, 6) is 3.57. The fourth-order valence-corrected chi connectivity index (χ4v) is 5.38. The number of rotatable bonds is 3. The standard InChI is InChI=1S/C22H27N5O2/c1-13-24-19-17(8-9-23-22(19)28)21(25-13)27-11-15-10-26(2)20(18(15)12-27)14-4-6-16(29-3)7-5-14/h4-7,15,18,20H,8-12H2,1-3H3,(H,23,28)/t15-,18+,20+/m0/s1. The first-order chi connectivity index (χ1) is 14.0. The van der Waals surface area contributed by atoms with Crippen LogP contribution in [0.3, 0.4) is 0 Å². The zero-order chi connectivity index (χ0) is 20.1. The second-order valence-corrected chi connectivity index (χ2v) is 8.41. The number of carbonyl (C=O) groups is 1. The Labute approximate surface area is 171 Å². The van der Waals surface area contributed by atoms with E-state index in [1.807, 2.05) is 19.1 Å². The van der Waals surface area contributed by atoms with Crippen molar-refractivity contribution in [2.24, 2.45) is 11.8 Å². The number of hydrogen-bond acceptors (Lipinski definition) is 6. The van der Waals surface area contributed by atoms with Gasteiger partial charge in [-0.15, -0.1) is 0 Å². The average Bonchev–Trinajstić information content (AvgIpc) is 3.25. The van der Waals surface area contributed by atoms with Crippen molar-refractivity contribution in [3.8, 4) is 5.75 Å². The third-order valence-corrected chi connectivity index (χ3v) is 6.62. The minimum atomic E-state index is -0.0757. The summed E-state index contributed by atoms with van der Waals surface area (Å²) in [6, 6.07) is 8.86. The number of ether oxygens (including phenoxy) is 1. The van der Waals surface area contributed by atoms with Crippen LogP contribution in [0, 0.1) is 18.8 Å².